The number of nitrogens with zero attached hydrogens (tertiary/aromatic N) is 3. The first-order chi connectivity index (χ1) is 11.1. The molecule has 0 unspecified atom stereocenters. The number of fused-ring (bicyclic) bond motifs is 3. The molecule has 0 N–H and O–H groups in total. The highest BCUT2D eigenvalue weighted by atomic mass is 16.5. The second kappa shape index (κ2) is 5.87. The normalized spacial score (nSPS) is 11.3. The van der Waals surface area contributed by atoms with E-state index in [0.717, 1.165) is 16.7 Å². The molecule has 0 bridgehead atoms. The monoisotopic (exact) mass is 313 g/mol. The van der Waals surface area contributed by atoms with Gasteiger partial charge in [0.15, 0.2) is 0 Å². The van der Waals surface area contributed by atoms with Gasteiger partial charge >= 0.3 is 5.97 Å². The summed E-state index contributed by atoms with van der Waals surface area (Å²) >= 11 is 0. The molecule has 0 amide bonds. The molecule has 0 aliphatic heterocycles. The maximum Gasteiger partial charge on any atom is 0.326 e. The summed E-state index contributed by atoms with van der Waals surface area (Å²) in [6.07, 6.45) is 0.593. The van der Waals surface area contributed by atoms with E-state index in [1.165, 1.54) is 0 Å². The topological polar surface area (TPSA) is 65.6 Å². The Labute approximate surface area is 133 Å². The first-order valence-corrected chi connectivity index (χ1v) is 7.73. The summed E-state index contributed by atoms with van der Waals surface area (Å²) in [5.41, 5.74) is 2.85. The van der Waals surface area contributed by atoms with Gasteiger partial charge in [-0.25, -0.2) is 9.38 Å². The molecule has 6 heteroatoms. The molecular weight excluding hydrogens is 294 g/mol. The Kier molecular flexibility index (Phi) is 3.90. The maximum absolute atomic E-state index is 12.8. The summed E-state index contributed by atoms with van der Waals surface area (Å²) in [6.45, 7) is 5.92. The van der Waals surface area contributed by atoms with Crippen LogP contribution in [0.15, 0.2) is 29.1 Å². The highest BCUT2D eigenvalue weighted by Gasteiger charge is 2.18. The minimum absolute atomic E-state index is 0.0414. The van der Waals surface area contributed by atoms with Crippen LogP contribution >= 0.6 is 0 Å². The number of aromatic nitrogens is 3. The maximum atomic E-state index is 12.8. The van der Waals surface area contributed by atoms with Crippen molar-refractivity contribution < 1.29 is 9.53 Å². The molecule has 23 heavy (non-hydrogen) atoms. The third-order valence-corrected chi connectivity index (χ3v) is 4.03. The number of esters is 1. The van der Waals surface area contributed by atoms with Crippen LogP contribution in [-0.4, -0.2) is 26.5 Å². The minimum Gasteiger partial charge on any atom is -0.465 e. The first kappa shape index (κ1) is 15.3. The lowest BCUT2D eigenvalue weighted by molar-refractivity contribution is -0.143. The number of benzene rings is 1. The van der Waals surface area contributed by atoms with Crippen molar-refractivity contribution in [3.63, 3.8) is 0 Å². The summed E-state index contributed by atoms with van der Waals surface area (Å²) < 4.78 is 8.40. The Morgan fingerprint density at radius 2 is 2.00 bits per heavy atom. The number of rotatable bonds is 4. The van der Waals surface area contributed by atoms with E-state index in [-0.39, 0.29) is 18.1 Å². The zero-order chi connectivity index (χ0) is 16.6. The predicted molar refractivity (Wildman–Crippen MR) is 87.7 cm³/mol. The van der Waals surface area contributed by atoms with Crippen LogP contribution < -0.4 is 5.56 Å². The molecule has 0 fully saturated rings. The van der Waals surface area contributed by atoms with Crippen LogP contribution in [0.2, 0.25) is 0 Å². The molecule has 6 nitrogen and oxygen atoms in total. The zero-order valence-corrected chi connectivity index (χ0v) is 13.5. The number of para-hydroxylation sites is 2. The van der Waals surface area contributed by atoms with E-state index in [1.807, 2.05) is 38.1 Å². The van der Waals surface area contributed by atoms with Crippen molar-refractivity contribution in [1.29, 1.82) is 0 Å². The Hall–Kier alpha value is -2.63. The molecule has 0 aliphatic carbocycles. The van der Waals surface area contributed by atoms with Crippen molar-refractivity contribution in [3.05, 3.63) is 45.9 Å². The standard InChI is InChI=1S/C17H19N3O3/c1-4-12-11(3)19(10-15(21)23-5-2)17-18-13-8-6-7-9-14(13)20(17)16(12)22/h6-9H,4-5,10H2,1-3H3. The molecule has 2 aromatic heterocycles. The Bertz CT molecular complexity index is 953. The van der Waals surface area contributed by atoms with E-state index >= 15 is 0 Å². The fourth-order valence-corrected chi connectivity index (χ4v) is 2.93. The Morgan fingerprint density at radius 3 is 2.70 bits per heavy atom. The van der Waals surface area contributed by atoms with Crippen molar-refractivity contribution in [2.45, 2.75) is 33.7 Å². The predicted octanol–water partition coefficient (Wildman–Crippen LogP) is 2.08. The first-order valence-electron chi connectivity index (χ1n) is 7.73. The molecule has 2 heterocycles. The van der Waals surface area contributed by atoms with Crippen LogP contribution in [0.5, 0.6) is 0 Å². The summed E-state index contributed by atoms with van der Waals surface area (Å²) in [5.74, 6) is 0.134. The van der Waals surface area contributed by atoms with E-state index in [2.05, 4.69) is 4.98 Å². The van der Waals surface area contributed by atoms with Crippen molar-refractivity contribution in [1.82, 2.24) is 14.0 Å². The van der Waals surface area contributed by atoms with E-state index < -0.39 is 0 Å². The van der Waals surface area contributed by atoms with Gasteiger partial charge in [-0.1, -0.05) is 19.1 Å². The number of carbonyl (C=O) groups excluding carboxylic acids is 1. The van der Waals surface area contributed by atoms with Crippen molar-refractivity contribution in [3.8, 4) is 0 Å². The fourth-order valence-electron chi connectivity index (χ4n) is 2.93. The van der Waals surface area contributed by atoms with Crippen molar-refractivity contribution in [2.24, 2.45) is 0 Å². The van der Waals surface area contributed by atoms with E-state index in [9.17, 15) is 9.59 Å². The minimum atomic E-state index is -0.338. The number of carbonyl (C=O) groups is 1. The van der Waals surface area contributed by atoms with Crippen LogP contribution in [0.3, 0.4) is 0 Å². The van der Waals surface area contributed by atoms with E-state index in [0.29, 0.717) is 24.4 Å². The van der Waals surface area contributed by atoms with Gasteiger partial charge in [-0.2, -0.15) is 0 Å². The molecule has 0 aliphatic rings. The third-order valence-electron chi connectivity index (χ3n) is 4.03. The average Bonchev–Trinajstić information content (AvgIpc) is 2.91. The Balaban J connectivity index is 2.37. The molecule has 3 rings (SSSR count). The van der Waals surface area contributed by atoms with Gasteiger partial charge in [0.05, 0.1) is 17.6 Å². The number of imidazole rings is 1. The molecule has 0 saturated carbocycles. The Morgan fingerprint density at radius 1 is 1.26 bits per heavy atom. The lowest BCUT2D eigenvalue weighted by atomic mass is 10.2. The van der Waals surface area contributed by atoms with Crippen LogP contribution in [-0.2, 0) is 22.5 Å². The van der Waals surface area contributed by atoms with Gasteiger partial charge in [0.1, 0.15) is 6.54 Å². The highest BCUT2D eigenvalue weighted by Crippen LogP contribution is 2.17. The zero-order valence-electron chi connectivity index (χ0n) is 13.5. The molecule has 0 radical (unpaired) electrons. The van der Waals surface area contributed by atoms with Gasteiger partial charge in [-0.05, 0) is 32.4 Å². The smallest absolute Gasteiger partial charge is 0.326 e. The van der Waals surface area contributed by atoms with Gasteiger partial charge in [0.2, 0.25) is 5.78 Å². The molecule has 0 atom stereocenters. The number of hydrogen-bond acceptors (Lipinski definition) is 4. The number of ether oxygens (including phenoxy) is 1. The van der Waals surface area contributed by atoms with Gasteiger partial charge in [0, 0.05) is 11.3 Å². The molecule has 0 saturated heterocycles. The van der Waals surface area contributed by atoms with Crippen LogP contribution in [0.1, 0.15) is 25.1 Å². The van der Waals surface area contributed by atoms with Crippen LogP contribution in [0.25, 0.3) is 16.8 Å². The third kappa shape index (κ3) is 2.40. The lowest BCUT2D eigenvalue weighted by Crippen LogP contribution is -2.27. The van der Waals surface area contributed by atoms with Gasteiger partial charge in [0.25, 0.3) is 5.56 Å². The molecule has 120 valence electrons. The fraction of sp³-hybridized carbons (Fsp3) is 0.353. The molecular formula is C17H19N3O3. The lowest BCUT2D eigenvalue weighted by Gasteiger charge is -2.14. The van der Waals surface area contributed by atoms with Gasteiger partial charge in [-0.15, -0.1) is 0 Å². The summed E-state index contributed by atoms with van der Waals surface area (Å²) in [5, 5.41) is 0. The second-order valence-electron chi connectivity index (χ2n) is 5.35. The van der Waals surface area contributed by atoms with E-state index in [1.54, 1.807) is 15.9 Å². The number of hydrogen-bond donors (Lipinski definition) is 0. The van der Waals surface area contributed by atoms with Crippen LogP contribution in [0, 0.1) is 6.92 Å². The molecule has 3 aromatic rings. The van der Waals surface area contributed by atoms with Crippen molar-refractivity contribution >= 4 is 22.8 Å². The van der Waals surface area contributed by atoms with E-state index in [4.69, 9.17) is 4.74 Å². The summed E-state index contributed by atoms with van der Waals surface area (Å²) in [4.78, 5) is 29.3. The van der Waals surface area contributed by atoms with Crippen molar-refractivity contribution in [2.75, 3.05) is 6.61 Å². The average molecular weight is 313 g/mol. The summed E-state index contributed by atoms with van der Waals surface area (Å²) in [6, 6.07) is 7.47. The quantitative estimate of drug-likeness (QED) is 0.692. The van der Waals surface area contributed by atoms with Crippen LogP contribution in [0.4, 0.5) is 0 Å². The largest absolute Gasteiger partial charge is 0.465 e. The van der Waals surface area contributed by atoms with Gasteiger partial charge in [-0.3, -0.25) is 9.59 Å². The highest BCUT2D eigenvalue weighted by molar-refractivity contribution is 5.80. The molecule has 1 aromatic carbocycles. The second-order valence-corrected chi connectivity index (χ2v) is 5.35. The SMILES string of the molecule is CCOC(=O)Cn1c(C)c(CC)c(=O)n2c3ccccc3nc12. The van der Waals surface area contributed by atoms with Gasteiger partial charge < -0.3 is 9.30 Å². The molecule has 0 spiro atoms. The summed E-state index contributed by atoms with van der Waals surface area (Å²) in [7, 11) is 0.